The van der Waals surface area contributed by atoms with Crippen LogP contribution in [0.1, 0.15) is 29.3 Å². The van der Waals surface area contributed by atoms with Gasteiger partial charge >= 0.3 is 0 Å². The molecule has 1 nitrogen and oxygen atoms in total. The van der Waals surface area contributed by atoms with Crippen LogP contribution in [-0.4, -0.2) is 6.61 Å². The molecule has 0 aliphatic carbocycles. The highest BCUT2D eigenvalue weighted by atomic mass is 79.9. The van der Waals surface area contributed by atoms with Gasteiger partial charge in [-0.05, 0) is 63.8 Å². The van der Waals surface area contributed by atoms with Gasteiger partial charge in [0, 0.05) is 4.47 Å². The van der Waals surface area contributed by atoms with Gasteiger partial charge in [0.05, 0.1) is 15.9 Å². The van der Waals surface area contributed by atoms with E-state index in [0.29, 0.717) is 6.61 Å². The van der Waals surface area contributed by atoms with Gasteiger partial charge in [0.25, 0.3) is 0 Å². The third-order valence-electron chi connectivity index (χ3n) is 2.89. The van der Waals surface area contributed by atoms with Crippen molar-refractivity contribution in [2.75, 3.05) is 6.61 Å². The Morgan fingerprint density at radius 2 is 1.86 bits per heavy atom. The quantitative estimate of drug-likeness (QED) is 0.437. The fourth-order valence-corrected chi connectivity index (χ4v) is 3.46. The zero-order valence-electron chi connectivity index (χ0n) is 11.4. The average molecular weight is 481 g/mol. The lowest BCUT2D eigenvalue weighted by Gasteiger charge is -2.14. The molecule has 0 heterocycles. The summed E-state index contributed by atoms with van der Waals surface area (Å²) in [6.07, 6.45) is 0.965. The molecule has 2 aromatic rings. The van der Waals surface area contributed by atoms with Crippen LogP contribution < -0.4 is 4.74 Å². The number of hydrogen-bond acceptors (Lipinski definition) is 1. The molecule has 0 saturated heterocycles. The number of hydrogen-bond donors (Lipinski definition) is 0. The number of rotatable bonds is 5. The summed E-state index contributed by atoms with van der Waals surface area (Å²) in [6, 6.07) is 10.8. The second kappa shape index (κ2) is 7.75. The van der Waals surface area contributed by atoms with Gasteiger partial charge in [-0.1, -0.05) is 44.8 Å². The number of benzene rings is 2. The molecule has 0 fully saturated rings. The molecule has 0 spiro atoms. The summed E-state index contributed by atoms with van der Waals surface area (Å²) in [7, 11) is 0. The van der Waals surface area contributed by atoms with Crippen molar-refractivity contribution in [2.24, 2.45) is 0 Å². The number of alkyl halides is 1. The molecule has 0 aliphatic heterocycles. The minimum atomic E-state index is -0.259. The van der Waals surface area contributed by atoms with E-state index in [1.165, 1.54) is 12.1 Å². The van der Waals surface area contributed by atoms with Crippen LogP contribution >= 0.6 is 47.8 Å². The van der Waals surface area contributed by atoms with E-state index in [4.69, 9.17) is 4.74 Å². The Balaban J connectivity index is 2.26. The summed E-state index contributed by atoms with van der Waals surface area (Å²) in [5.74, 6) is 0.562. The minimum Gasteiger partial charge on any atom is -0.492 e. The van der Waals surface area contributed by atoms with Crippen LogP contribution in [0, 0.1) is 5.82 Å². The first-order chi connectivity index (χ1) is 10.0. The van der Waals surface area contributed by atoms with Crippen LogP contribution in [0.3, 0.4) is 0 Å². The lowest BCUT2D eigenvalue weighted by molar-refractivity contribution is 0.315. The molecule has 2 rings (SSSR count). The predicted octanol–water partition coefficient (Wildman–Crippen LogP) is 6.62. The van der Waals surface area contributed by atoms with E-state index in [0.717, 1.165) is 32.2 Å². The molecule has 0 aliphatic rings. The Kier molecular flexibility index (Phi) is 6.26. The highest BCUT2D eigenvalue weighted by molar-refractivity contribution is 9.11. The van der Waals surface area contributed by atoms with E-state index in [-0.39, 0.29) is 10.6 Å². The predicted molar refractivity (Wildman–Crippen MR) is 94.8 cm³/mol. The molecule has 0 saturated carbocycles. The summed E-state index contributed by atoms with van der Waals surface area (Å²) in [4.78, 5) is -0.0824. The summed E-state index contributed by atoms with van der Waals surface area (Å²) in [5, 5.41) is 0. The molecule has 5 heteroatoms. The highest BCUT2D eigenvalue weighted by Gasteiger charge is 2.14. The van der Waals surface area contributed by atoms with E-state index < -0.39 is 0 Å². The molecule has 0 N–H and O–H groups in total. The second-order valence-electron chi connectivity index (χ2n) is 4.60. The first-order valence-corrected chi connectivity index (χ1v) is 9.03. The zero-order chi connectivity index (χ0) is 15.4. The zero-order valence-corrected chi connectivity index (χ0v) is 16.1. The summed E-state index contributed by atoms with van der Waals surface area (Å²) in [5.41, 5.74) is 1.89. The van der Waals surface area contributed by atoms with Crippen molar-refractivity contribution in [3.8, 4) is 5.75 Å². The SMILES string of the molecule is CCCOc1ccc(C(Br)c2cc(F)cc(Br)c2)cc1Br. The lowest BCUT2D eigenvalue weighted by Crippen LogP contribution is -1.98. The van der Waals surface area contributed by atoms with Gasteiger partial charge in [0.2, 0.25) is 0 Å². The van der Waals surface area contributed by atoms with E-state index in [1.54, 1.807) is 0 Å². The van der Waals surface area contributed by atoms with E-state index >= 15 is 0 Å². The fraction of sp³-hybridized carbons (Fsp3) is 0.250. The van der Waals surface area contributed by atoms with Gasteiger partial charge in [-0.2, -0.15) is 0 Å². The Bertz CT molecular complexity index is 611. The van der Waals surface area contributed by atoms with Crippen molar-refractivity contribution in [2.45, 2.75) is 18.2 Å². The van der Waals surface area contributed by atoms with Crippen molar-refractivity contribution < 1.29 is 9.13 Å². The van der Waals surface area contributed by atoms with Crippen LogP contribution in [0.25, 0.3) is 0 Å². The van der Waals surface area contributed by atoms with Crippen molar-refractivity contribution in [1.29, 1.82) is 0 Å². The molecule has 2 aromatic carbocycles. The van der Waals surface area contributed by atoms with E-state index in [1.807, 2.05) is 24.3 Å². The van der Waals surface area contributed by atoms with Crippen molar-refractivity contribution in [3.63, 3.8) is 0 Å². The molecule has 0 amide bonds. The Labute approximate surface area is 149 Å². The summed E-state index contributed by atoms with van der Waals surface area (Å²) >= 11 is 10.5. The van der Waals surface area contributed by atoms with Gasteiger partial charge in [0.15, 0.2) is 0 Å². The summed E-state index contributed by atoms with van der Waals surface area (Å²) < 4.78 is 20.8. The third-order valence-corrected chi connectivity index (χ3v) is 5.02. The van der Waals surface area contributed by atoms with Crippen LogP contribution in [0.4, 0.5) is 4.39 Å². The second-order valence-corrected chi connectivity index (χ2v) is 7.29. The van der Waals surface area contributed by atoms with Gasteiger partial charge in [-0.3, -0.25) is 0 Å². The standard InChI is InChI=1S/C16H14Br3FO/c1-2-5-21-15-4-3-10(8-14(15)18)16(19)11-6-12(17)9-13(20)7-11/h3-4,6-9,16H,2,5H2,1H3. The van der Waals surface area contributed by atoms with Crippen molar-refractivity contribution in [3.05, 3.63) is 62.3 Å². The topological polar surface area (TPSA) is 9.23 Å². The van der Waals surface area contributed by atoms with E-state index in [9.17, 15) is 4.39 Å². The van der Waals surface area contributed by atoms with Crippen LogP contribution in [0.2, 0.25) is 0 Å². The van der Waals surface area contributed by atoms with Gasteiger partial charge in [0.1, 0.15) is 11.6 Å². The van der Waals surface area contributed by atoms with Gasteiger partial charge < -0.3 is 4.74 Å². The molecule has 112 valence electrons. The minimum absolute atomic E-state index is 0.0824. The molecule has 1 unspecified atom stereocenters. The largest absolute Gasteiger partial charge is 0.492 e. The number of ether oxygens (including phenoxy) is 1. The van der Waals surface area contributed by atoms with Crippen LogP contribution in [-0.2, 0) is 0 Å². The first-order valence-electron chi connectivity index (χ1n) is 6.53. The molecular weight excluding hydrogens is 467 g/mol. The lowest BCUT2D eigenvalue weighted by atomic mass is 10.0. The normalized spacial score (nSPS) is 12.2. The maximum absolute atomic E-state index is 13.5. The highest BCUT2D eigenvalue weighted by Crippen LogP contribution is 2.36. The Hall–Kier alpha value is -0.390. The molecule has 21 heavy (non-hydrogen) atoms. The van der Waals surface area contributed by atoms with E-state index in [2.05, 4.69) is 54.7 Å². The number of halogens is 4. The maximum atomic E-state index is 13.5. The fourth-order valence-electron chi connectivity index (χ4n) is 1.92. The molecular formula is C16H14Br3FO. The molecule has 1 atom stereocenters. The van der Waals surface area contributed by atoms with Gasteiger partial charge in [-0.25, -0.2) is 4.39 Å². The third kappa shape index (κ3) is 4.54. The van der Waals surface area contributed by atoms with Crippen LogP contribution in [0.5, 0.6) is 5.75 Å². The Morgan fingerprint density at radius 3 is 2.48 bits per heavy atom. The molecule has 0 radical (unpaired) electrons. The average Bonchev–Trinajstić information content (AvgIpc) is 2.44. The van der Waals surface area contributed by atoms with Gasteiger partial charge in [-0.15, -0.1) is 0 Å². The Morgan fingerprint density at radius 1 is 1.10 bits per heavy atom. The smallest absolute Gasteiger partial charge is 0.133 e. The monoisotopic (exact) mass is 478 g/mol. The van der Waals surface area contributed by atoms with Crippen molar-refractivity contribution >= 4 is 47.8 Å². The first kappa shape index (κ1) is 17.0. The van der Waals surface area contributed by atoms with Crippen LogP contribution in [0.15, 0.2) is 45.3 Å². The summed E-state index contributed by atoms with van der Waals surface area (Å²) in [6.45, 7) is 2.76. The maximum Gasteiger partial charge on any atom is 0.133 e. The molecule has 0 aromatic heterocycles. The van der Waals surface area contributed by atoms with Crippen molar-refractivity contribution in [1.82, 2.24) is 0 Å². The molecule has 0 bridgehead atoms.